The first-order valence-electron chi connectivity index (χ1n) is 7.19. The summed E-state index contributed by atoms with van der Waals surface area (Å²) in [6.07, 6.45) is 12.7. The number of thioether (sulfide) groups is 1. The fraction of sp³-hybridized carbons (Fsp3) is 0.562. The lowest BCUT2D eigenvalue weighted by Crippen LogP contribution is -2.34. The first-order valence-corrected chi connectivity index (χ1v) is 8.07. The first-order chi connectivity index (χ1) is 9.24. The summed E-state index contributed by atoms with van der Waals surface area (Å²) in [4.78, 5) is 8.03. The summed E-state index contributed by atoms with van der Waals surface area (Å²) < 4.78 is 0. The molecular weight excluding hydrogens is 252 g/mol. The lowest BCUT2D eigenvalue weighted by molar-refractivity contribution is 0.176. The molecule has 3 heteroatoms. The van der Waals surface area contributed by atoms with E-state index in [1.54, 1.807) is 0 Å². The molecule has 0 N–H and O–H groups in total. The Labute approximate surface area is 120 Å². The molecule has 1 saturated carbocycles. The third kappa shape index (κ3) is 2.81. The van der Waals surface area contributed by atoms with Crippen LogP contribution in [-0.2, 0) is 0 Å². The molecule has 102 valence electrons. The first kappa shape index (κ1) is 13.0. The van der Waals surface area contributed by atoms with Crippen molar-refractivity contribution in [2.45, 2.75) is 50.9 Å². The van der Waals surface area contributed by atoms with Gasteiger partial charge in [0.25, 0.3) is 0 Å². The Morgan fingerprint density at radius 2 is 2.11 bits per heavy atom. The van der Waals surface area contributed by atoms with E-state index in [9.17, 15) is 0 Å². The van der Waals surface area contributed by atoms with Crippen LogP contribution in [0.2, 0.25) is 0 Å². The van der Waals surface area contributed by atoms with E-state index in [-0.39, 0.29) is 0 Å². The van der Waals surface area contributed by atoms with Crippen molar-refractivity contribution in [2.24, 2.45) is 5.92 Å². The number of allylic oxidation sites excluding steroid dienone is 1. The lowest BCUT2D eigenvalue weighted by Gasteiger charge is -2.45. The molecule has 0 radical (unpaired) electrons. The Kier molecular flexibility index (Phi) is 3.83. The molecule has 0 aromatic carbocycles. The van der Waals surface area contributed by atoms with Crippen LogP contribution in [0.3, 0.4) is 0 Å². The van der Waals surface area contributed by atoms with E-state index in [1.807, 2.05) is 30.2 Å². The molecule has 2 nitrogen and oxygen atoms in total. The molecule has 19 heavy (non-hydrogen) atoms. The zero-order valence-electron chi connectivity index (χ0n) is 11.7. The summed E-state index contributed by atoms with van der Waals surface area (Å²) in [5.41, 5.74) is 1.30. The second-order valence-corrected chi connectivity index (χ2v) is 7.04. The van der Waals surface area contributed by atoms with Crippen LogP contribution >= 0.6 is 11.8 Å². The van der Waals surface area contributed by atoms with Gasteiger partial charge in [0, 0.05) is 18.0 Å². The summed E-state index contributed by atoms with van der Waals surface area (Å²) in [5.74, 6) is 0.897. The van der Waals surface area contributed by atoms with Gasteiger partial charge in [0.2, 0.25) is 0 Å². The number of rotatable bonds is 2. The Hall–Kier alpha value is -0.960. The average Bonchev–Trinajstić information content (AvgIpc) is 2.83. The molecule has 1 aromatic heterocycles. The van der Waals surface area contributed by atoms with E-state index in [1.165, 1.54) is 36.2 Å². The predicted molar refractivity (Wildman–Crippen MR) is 80.3 cm³/mol. The fourth-order valence-corrected chi connectivity index (χ4v) is 4.15. The van der Waals surface area contributed by atoms with Crippen LogP contribution in [0.25, 0.3) is 0 Å². The molecule has 0 saturated heterocycles. The smallest absolute Gasteiger partial charge is 0.0737 e. The maximum atomic E-state index is 4.27. The van der Waals surface area contributed by atoms with Crippen molar-refractivity contribution in [1.29, 1.82) is 0 Å². The van der Waals surface area contributed by atoms with Crippen LogP contribution in [-0.4, -0.2) is 15.9 Å². The molecule has 0 spiro atoms. The van der Waals surface area contributed by atoms with Gasteiger partial charge in [-0.2, -0.15) is 4.91 Å². The molecule has 3 rings (SSSR count). The number of aromatic nitrogens is 1. The van der Waals surface area contributed by atoms with Crippen molar-refractivity contribution in [3.63, 3.8) is 0 Å². The summed E-state index contributed by atoms with van der Waals surface area (Å²) >= 11 is 1.91. The molecule has 2 aliphatic rings. The summed E-state index contributed by atoms with van der Waals surface area (Å²) in [5, 5.41) is 0.382. The van der Waals surface area contributed by atoms with Crippen molar-refractivity contribution in [2.75, 3.05) is 0 Å². The summed E-state index contributed by atoms with van der Waals surface area (Å²) in [7, 11) is 0. The highest BCUT2D eigenvalue weighted by molar-refractivity contribution is 8.03. The fourth-order valence-electron chi connectivity index (χ4n) is 3.05. The topological polar surface area (TPSA) is 16.1 Å². The monoisotopic (exact) mass is 273 g/mol. The quantitative estimate of drug-likeness (QED) is 0.744. The number of pyridine rings is 1. The van der Waals surface area contributed by atoms with E-state index >= 15 is 0 Å². The third-order valence-electron chi connectivity index (χ3n) is 4.18. The molecule has 0 bridgehead atoms. The standard InChI is InChI=1S/C16H21N2S/c1-12-5-7-15(8-6-12)18-11-13(2)19-16(18)14-4-3-9-17-10-14/h3-4,9-10,12,15-16H,5-8H2,1-2H3/q-1. The van der Waals surface area contributed by atoms with Crippen molar-refractivity contribution < 1.29 is 0 Å². The minimum absolute atomic E-state index is 0.382. The molecule has 1 unspecified atom stereocenters. The van der Waals surface area contributed by atoms with Crippen molar-refractivity contribution in [1.82, 2.24) is 9.88 Å². The second-order valence-electron chi connectivity index (χ2n) is 5.75. The Morgan fingerprint density at radius 3 is 2.79 bits per heavy atom. The molecule has 0 amide bonds. The minimum Gasteiger partial charge on any atom is -0.537 e. The van der Waals surface area contributed by atoms with Gasteiger partial charge in [-0.3, -0.25) is 4.98 Å². The van der Waals surface area contributed by atoms with Gasteiger partial charge in [0.05, 0.1) is 5.37 Å². The summed E-state index contributed by atoms with van der Waals surface area (Å²) in [6.45, 7) is 4.54. The Bertz CT molecular complexity index is 449. The second kappa shape index (κ2) is 5.58. The molecular formula is C16H21N2S-. The number of hydrogen-bond acceptors (Lipinski definition) is 3. The molecule has 1 atom stereocenters. The number of nitrogens with zero attached hydrogens (tertiary/aromatic N) is 2. The zero-order chi connectivity index (χ0) is 13.2. The van der Waals surface area contributed by atoms with Crippen LogP contribution in [0.4, 0.5) is 0 Å². The highest BCUT2D eigenvalue weighted by Gasteiger charge is 2.26. The predicted octanol–water partition coefficient (Wildman–Crippen LogP) is 4.37. The van der Waals surface area contributed by atoms with Crippen LogP contribution in [0.5, 0.6) is 0 Å². The highest BCUT2D eigenvalue weighted by Crippen LogP contribution is 2.46. The van der Waals surface area contributed by atoms with Gasteiger partial charge in [-0.05, 0) is 43.7 Å². The Morgan fingerprint density at radius 1 is 1.32 bits per heavy atom. The average molecular weight is 273 g/mol. The minimum atomic E-state index is 0.382. The molecule has 1 aliphatic carbocycles. The van der Waals surface area contributed by atoms with E-state index < -0.39 is 0 Å². The largest absolute Gasteiger partial charge is 0.537 e. The van der Waals surface area contributed by atoms with Gasteiger partial charge in [-0.1, -0.05) is 19.9 Å². The lowest BCUT2D eigenvalue weighted by atomic mass is 9.86. The van der Waals surface area contributed by atoms with Gasteiger partial charge >= 0.3 is 0 Å². The molecule has 1 fully saturated rings. The van der Waals surface area contributed by atoms with Gasteiger partial charge in [0.15, 0.2) is 0 Å². The van der Waals surface area contributed by atoms with Gasteiger partial charge in [-0.25, -0.2) is 0 Å². The van der Waals surface area contributed by atoms with E-state index in [0.717, 1.165) is 5.92 Å². The maximum absolute atomic E-state index is 4.27. The number of hydrogen-bond donors (Lipinski definition) is 0. The van der Waals surface area contributed by atoms with E-state index in [0.29, 0.717) is 11.4 Å². The van der Waals surface area contributed by atoms with Crippen molar-refractivity contribution in [3.8, 4) is 0 Å². The van der Waals surface area contributed by atoms with Gasteiger partial charge in [-0.15, -0.1) is 11.8 Å². The maximum Gasteiger partial charge on any atom is 0.0737 e. The van der Waals surface area contributed by atoms with Gasteiger partial charge < -0.3 is 11.1 Å². The van der Waals surface area contributed by atoms with Crippen molar-refractivity contribution in [3.05, 3.63) is 41.2 Å². The van der Waals surface area contributed by atoms with E-state index in [4.69, 9.17) is 0 Å². The van der Waals surface area contributed by atoms with E-state index in [2.05, 4.69) is 36.0 Å². The normalized spacial score (nSPS) is 31.4. The molecule has 2 heterocycles. The van der Waals surface area contributed by atoms with Gasteiger partial charge in [0.1, 0.15) is 0 Å². The highest BCUT2D eigenvalue weighted by atomic mass is 32.2. The van der Waals surface area contributed by atoms with Crippen molar-refractivity contribution >= 4 is 11.8 Å². The summed E-state index contributed by atoms with van der Waals surface area (Å²) in [6, 6.07) is 4.88. The van der Waals surface area contributed by atoms with Crippen LogP contribution in [0.15, 0.2) is 29.4 Å². The Balaban J connectivity index is 1.78. The SMILES string of the molecule is CC1=[C-]N(C2CCC(C)CC2)C(c2cccnc2)S1. The van der Waals surface area contributed by atoms with Crippen LogP contribution < -0.4 is 0 Å². The zero-order valence-corrected chi connectivity index (χ0v) is 12.5. The van der Waals surface area contributed by atoms with Crippen LogP contribution in [0.1, 0.15) is 50.5 Å². The molecule has 1 aliphatic heterocycles. The van der Waals surface area contributed by atoms with Crippen LogP contribution in [0, 0.1) is 12.1 Å². The third-order valence-corrected chi connectivity index (χ3v) is 5.34. The molecule has 1 aromatic rings.